The van der Waals surface area contributed by atoms with Crippen LogP contribution in [0.15, 0.2) is 30.6 Å². The monoisotopic (exact) mass is 307 g/mol. The molecule has 0 aliphatic rings. The number of carbonyl (C=O) groups is 2. The number of likely N-dealkylation sites (N-methyl/N-ethyl adjacent to an activating group) is 1. The molecule has 7 nitrogen and oxygen atoms in total. The molecule has 0 fully saturated rings. The van der Waals surface area contributed by atoms with Crippen LogP contribution in [0.3, 0.4) is 0 Å². The minimum Gasteiger partial charge on any atom is -0.397 e. The van der Waals surface area contributed by atoms with E-state index in [0.29, 0.717) is 10.7 Å². The first-order chi connectivity index (χ1) is 10.0. The molecule has 1 aromatic heterocycles. The summed E-state index contributed by atoms with van der Waals surface area (Å²) in [5.74, 6) is -0.579. The van der Waals surface area contributed by atoms with Crippen LogP contribution in [0.1, 0.15) is 10.4 Å². The van der Waals surface area contributed by atoms with Crippen molar-refractivity contribution < 1.29 is 9.59 Å². The van der Waals surface area contributed by atoms with Gasteiger partial charge in [0.15, 0.2) is 0 Å². The van der Waals surface area contributed by atoms with Crippen molar-refractivity contribution in [1.29, 1.82) is 0 Å². The number of hydrogen-bond donors (Lipinski definition) is 3. The Labute approximate surface area is 126 Å². The number of nitrogens with zero attached hydrogens (tertiary/aromatic N) is 2. The number of para-hydroxylation sites is 1. The highest BCUT2D eigenvalue weighted by Crippen LogP contribution is 2.23. The van der Waals surface area contributed by atoms with Crippen LogP contribution in [0, 0.1) is 0 Å². The van der Waals surface area contributed by atoms with Crippen LogP contribution in [0.5, 0.6) is 0 Å². The predicted octanol–water partition coefficient (Wildman–Crippen LogP) is 1.12. The topological polar surface area (TPSA) is 102 Å². The van der Waals surface area contributed by atoms with Gasteiger partial charge in [-0.15, -0.1) is 0 Å². The van der Waals surface area contributed by atoms with Crippen LogP contribution in [-0.4, -0.2) is 28.6 Å². The summed E-state index contributed by atoms with van der Waals surface area (Å²) in [5, 5.41) is 9.42. The van der Waals surface area contributed by atoms with Crippen LogP contribution in [0.4, 0.5) is 11.4 Å². The van der Waals surface area contributed by atoms with Gasteiger partial charge in [0.2, 0.25) is 5.91 Å². The summed E-state index contributed by atoms with van der Waals surface area (Å²) in [5.41, 5.74) is 6.72. The van der Waals surface area contributed by atoms with Crippen molar-refractivity contribution in [2.45, 2.75) is 6.54 Å². The average molecular weight is 308 g/mol. The summed E-state index contributed by atoms with van der Waals surface area (Å²) in [7, 11) is 1.54. The number of hydrogen-bond acceptors (Lipinski definition) is 4. The van der Waals surface area contributed by atoms with Crippen LogP contribution in [0.2, 0.25) is 5.02 Å². The van der Waals surface area contributed by atoms with Gasteiger partial charge >= 0.3 is 0 Å². The zero-order valence-electron chi connectivity index (χ0n) is 11.3. The molecule has 8 heteroatoms. The second-order valence-electron chi connectivity index (χ2n) is 4.25. The highest BCUT2D eigenvalue weighted by atomic mass is 35.5. The first kappa shape index (κ1) is 14.9. The van der Waals surface area contributed by atoms with Gasteiger partial charge in [-0.2, -0.15) is 5.10 Å². The number of carbonyl (C=O) groups excluding carboxylic acids is 2. The first-order valence-electron chi connectivity index (χ1n) is 6.09. The van der Waals surface area contributed by atoms with Crippen LogP contribution in [0.25, 0.3) is 0 Å². The van der Waals surface area contributed by atoms with Gasteiger partial charge in [-0.25, -0.2) is 0 Å². The fourth-order valence-electron chi connectivity index (χ4n) is 1.67. The van der Waals surface area contributed by atoms with Crippen molar-refractivity contribution in [1.82, 2.24) is 15.1 Å². The molecule has 0 spiro atoms. The lowest BCUT2D eigenvalue weighted by molar-refractivity contribution is -0.121. The average Bonchev–Trinajstić information content (AvgIpc) is 2.88. The Morgan fingerprint density at radius 1 is 1.43 bits per heavy atom. The minimum atomic E-state index is -0.394. The number of aromatic nitrogens is 2. The van der Waals surface area contributed by atoms with Crippen LogP contribution in [-0.2, 0) is 11.3 Å². The molecule has 1 heterocycles. The third kappa shape index (κ3) is 3.51. The molecule has 2 amide bonds. The Morgan fingerprint density at radius 2 is 2.19 bits per heavy atom. The molecular weight excluding hydrogens is 294 g/mol. The zero-order chi connectivity index (χ0) is 15.4. The first-order valence-corrected chi connectivity index (χ1v) is 6.47. The quantitative estimate of drug-likeness (QED) is 0.736. The normalized spacial score (nSPS) is 10.2. The Balaban J connectivity index is 2.09. The maximum absolute atomic E-state index is 12.1. The smallest absolute Gasteiger partial charge is 0.257 e. The fraction of sp³-hybridized carbons (Fsp3) is 0.154. The molecule has 0 aliphatic carbocycles. The molecule has 21 heavy (non-hydrogen) atoms. The molecule has 0 saturated carbocycles. The summed E-state index contributed by atoms with van der Waals surface area (Å²) in [6.07, 6.45) is 3.00. The summed E-state index contributed by atoms with van der Waals surface area (Å²) >= 11 is 5.87. The van der Waals surface area contributed by atoms with Crippen molar-refractivity contribution in [2.75, 3.05) is 18.1 Å². The van der Waals surface area contributed by atoms with Gasteiger partial charge in [0.1, 0.15) is 6.54 Å². The largest absolute Gasteiger partial charge is 0.397 e. The molecule has 0 unspecified atom stereocenters. The molecule has 2 aromatic rings. The van der Waals surface area contributed by atoms with E-state index in [9.17, 15) is 9.59 Å². The second-order valence-corrected chi connectivity index (χ2v) is 4.66. The highest BCUT2D eigenvalue weighted by Gasteiger charge is 2.13. The molecule has 0 bridgehead atoms. The van der Waals surface area contributed by atoms with Crippen molar-refractivity contribution in [3.05, 3.63) is 41.2 Å². The van der Waals surface area contributed by atoms with Gasteiger partial charge in [0, 0.05) is 13.2 Å². The van der Waals surface area contributed by atoms with Gasteiger partial charge in [-0.05, 0) is 12.1 Å². The van der Waals surface area contributed by atoms with E-state index in [1.807, 2.05) is 0 Å². The molecule has 4 N–H and O–H groups in total. The standard InChI is InChI=1S/C13H14ClN5O2/c1-16-11(20)7-19-6-8(5-17-19)18-13(21)9-3-2-4-10(14)12(9)15/h2-6H,7,15H2,1H3,(H,16,20)(H,18,21). The van der Waals surface area contributed by atoms with E-state index in [1.165, 1.54) is 17.9 Å². The molecule has 0 atom stereocenters. The number of nitrogens with two attached hydrogens (primary N) is 1. The summed E-state index contributed by atoms with van der Waals surface area (Å²) in [6.45, 7) is 0.0751. The van der Waals surface area contributed by atoms with E-state index in [1.54, 1.807) is 24.4 Å². The fourth-order valence-corrected chi connectivity index (χ4v) is 1.85. The van der Waals surface area contributed by atoms with E-state index in [2.05, 4.69) is 15.7 Å². The number of halogens is 1. The van der Waals surface area contributed by atoms with Crippen LogP contribution >= 0.6 is 11.6 Å². The molecular formula is C13H14ClN5O2. The van der Waals surface area contributed by atoms with Gasteiger partial charge in [-0.3, -0.25) is 14.3 Å². The van der Waals surface area contributed by atoms with E-state index in [0.717, 1.165) is 0 Å². The van der Waals surface area contributed by atoms with Crippen molar-refractivity contribution in [3.8, 4) is 0 Å². The highest BCUT2D eigenvalue weighted by molar-refractivity contribution is 6.34. The van der Waals surface area contributed by atoms with Gasteiger partial charge in [0.25, 0.3) is 5.91 Å². The molecule has 0 aliphatic heterocycles. The van der Waals surface area contributed by atoms with E-state index < -0.39 is 5.91 Å². The molecule has 2 rings (SSSR count). The molecule has 0 saturated heterocycles. The lowest BCUT2D eigenvalue weighted by atomic mass is 10.1. The Hall–Kier alpha value is -2.54. The van der Waals surface area contributed by atoms with Gasteiger partial charge in [-0.1, -0.05) is 17.7 Å². The number of rotatable bonds is 4. The Bertz CT molecular complexity index is 683. The third-order valence-corrected chi connectivity index (χ3v) is 3.10. The number of amides is 2. The van der Waals surface area contributed by atoms with Gasteiger partial charge < -0.3 is 16.4 Å². The maximum atomic E-state index is 12.1. The number of nitrogen functional groups attached to an aromatic ring is 1. The molecule has 1 aromatic carbocycles. The number of anilines is 2. The SMILES string of the molecule is CNC(=O)Cn1cc(NC(=O)c2cccc(Cl)c2N)cn1. The summed E-state index contributed by atoms with van der Waals surface area (Å²) in [6, 6.07) is 4.82. The number of benzene rings is 1. The summed E-state index contributed by atoms with van der Waals surface area (Å²) in [4.78, 5) is 23.3. The van der Waals surface area contributed by atoms with Crippen LogP contribution < -0.4 is 16.4 Å². The van der Waals surface area contributed by atoms with Crippen molar-refractivity contribution in [3.63, 3.8) is 0 Å². The Kier molecular flexibility index (Phi) is 4.44. The molecule has 110 valence electrons. The zero-order valence-corrected chi connectivity index (χ0v) is 12.0. The maximum Gasteiger partial charge on any atom is 0.257 e. The van der Waals surface area contributed by atoms with E-state index >= 15 is 0 Å². The third-order valence-electron chi connectivity index (χ3n) is 2.77. The summed E-state index contributed by atoms with van der Waals surface area (Å²) < 4.78 is 1.41. The minimum absolute atomic E-state index is 0.0751. The molecule has 0 radical (unpaired) electrons. The predicted molar refractivity (Wildman–Crippen MR) is 80.1 cm³/mol. The van der Waals surface area contributed by atoms with E-state index in [4.69, 9.17) is 17.3 Å². The van der Waals surface area contributed by atoms with Gasteiger partial charge in [0.05, 0.1) is 28.2 Å². The Morgan fingerprint density at radius 3 is 2.90 bits per heavy atom. The van der Waals surface area contributed by atoms with E-state index in [-0.39, 0.29) is 23.7 Å². The lowest BCUT2D eigenvalue weighted by Gasteiger charge is -2.06. The lowest BCUT2D eigenvalue weighted by Crippen LogP contribution is -2.23. The van der Waals surface area contributed by atoms with Crippen molar-refractivity contribution >= 4 is 34.8 Å². The second kappa shape index (κ2) is 6.27. The number of nitrogens with one attached hydrogen (secondary N) is 2. The van der Waals surface area contributed by atoms with Crippen molar-refractivity contribution in [2.24, 2.45) is 0 Å².